The maximum absolute atomic E-state index is 13.1. The molecule has 0 atom stereocenters. The normalized spacial score (nSPS) is 14.5. The van der Waals surface area contributed by atoms with Crippen LogP contribution in [0.4, 0.5) is 11.4 Å². The average Bonchev–Trinajstić information content (AvgIpc) is 3.10. The minimum absolute atomic E-state index is 0.0912. The molecule has 33 heavy (non-hydrogen) atoms. The molecule has 3 aromatic carbocycles. The Morgan fingerprint density at radius 3 is 2.21 bits per heavy atom. The van der Waals surface area contributed by atoms with Crippen LogP contribution in [0.2, 0.25) is 0 Å². The van der Waals surface area contributed by atoms with Gasteiger partial charge >= 0.3 is 0 Å². The predicted molar refractivity (Wildman–Crippen MR) is 129 cm³/mol. The molecule has 0 aromatic heterocycles. The molecule has 1 amide bonds. The number of nitrogens with one attached hydrogen (secondary N) is 1. The van der Waals surface area contributed by atoms with Gasteiger partial charge in [0, 0.05) is 43.1 Å². The van der Waals surface area contributed by atoms with Gasteiger partial charge < -0.3 is 14.5 Å². The standard InChI is InChI=1S/C25H27N3O4S/c1-32-23-12-10-22(11-13-23)27-16-5-17-28(19-18-27)25(29)20-8-14-24(15-9-20)33(30,31)26-21-6-3-2-4-7-21/h2-4,6-15,26H,5,16-19H2,1H3. The molecule has 1 aliphatic rings. The van der Waals surface area contributed by atoms with Crippen molar-refractivity contribution in [2.75, 3.05) is 42.9 Å². The first-order chi connectivity index (χ1) is 16.0. The summed E-state index contributed by atoms with van der Waals surface area (Å²) < 4.78 is 33.0. The third-order valence-electron chi connectivity index (χ3n) is 5.66. The molecule has 7 nitrogen and oxygen atoms in total. The van der Waals surface area contributed by atoms with E-state index in [4.69, 9.17) is 4.74 Å². The SMILES string of the molecule is COc1ccc(N2CCCN(C(=O)c3ccc(S(=O)(=O)Nc4ccccc4)cc3)CC2)cc1. The van der Waals surface area contributed by atoms with Crippen LogP contribution in [0.3, 0.4) is 0 Å². The van der Waals surface area contributed by atoms with Gasteiger partial charge in [-0.05, 0) is 67.1 Å². The quantitative estimate of drug-likeness (QED) is 0.598. The molecule has 0 bridgehead atoms. The van der Waals surface area contributed by atoms with Gasteiger partial charge in [0.15, 0.2) is 0 Å². The van der Waals surface area contributed by atoms with Crippen LogP contribution < -0.4 is 14.4 Å². The zero-order valence-corrected chi connectivity index (χ0v) is 19.3. The fraction of sp³-hybridized carbons (Fsp3) is 0.240. The van der Waals surface area contributed by atoms with Gasteiger partial charge in [-0.15, -0.1) is 0 Å². The lowest BCUT2D eigenvalue weighted by atomic mass is 10.2. The molecular formula is C25H27N3O4S. The van der Waals surface area contributed by atoms with Crippen molar-refractivity contribution in [2.24, 2.45) is 0 Å². The van der Waals surface area contributed by atoms with E-state index in [1.54, 1.807) is 43.5 Å². The highest BCUT2D eigenvalue weighted by Gasteiger charge is 2.22. The number of benzene rings is 3. The van der Waals surface area contributed by atoms with Crippen molar-refractivity contribution in [3.8, 4) is 5.75 Å². The Bertz CT molecular complexity index is 1180. The Kier molecular flexibility index (Phi) is 6.84. The molecule has 1 saturated heterocycles. The number of hydrogen-bond acceptors (Lipinski definition) is 5. The van der Waals surface area contributed by atoms with Crippen LogP contribution in [0.15, 0.2) is 83.8 Å². The number of anilines is 2. The van der Waals surface area contributed by atoms with E-state index in [0.29, 0.717) is 24.3 Å². The first-order valence-electron chi connectivity index (χ1n) is 10.8. The van der Waals surface area contributed by atoms with Crippen LogP contribution in [0, 0.1) is 0 Å². The van der Waals surface area contributed by atoms with E-state index in [0.717, 1.165) is 30.9 Å². The van der Waals surface area contributed by atoms with Gasteiger partial charge in [-0.3, -0.25) is 9.52 Å². The van der Waals surface area contributed by atoms with Gasteiger partial charge in [0.2, 0.25) is 0 Å². The molecule has 0 radical (unpaired) electrons. The highest BCUT2D eigenvalue weighted by Crippen LogP contribution is 2.22. The smallest absolute Gasteiger partial charge is 0.261 e. The summed E-state index contributed by atoms with van der Waals surface area (Å²) >= 11 is 0. The van der Waals surface area contributed by atoms with E-state index in [9.17, 15) is 13.2 Å². The molecule has 0 saturated carbocycles. The maximum atomic E-state index is 13.1. The van der Waals surface area contributed by atoms with Crippen LogP contribution in [-0.4, -0.2) is 52.5 Å². The summed E-state index contributed by atoms with van der Waals surface area (Å²) in [6, 6.07) is 22.7. The molecule has 1 aliphatic heterocycles. The van der Waals surface area contributed by atoms with E-state index >= 15 is 0 Å². The van der Waals surface area contributed by atoms with Gasteiger partial charge in [0.05, 0.1) is 12.0 Å². The van der Waals surface area contributed by atoms with Crippen LogP contribution in [0.5, 0.6) is 5.75 Å². The third kappa shape index (κ3) is 5.46. The zero-order chi connectivity index (χ0) is 23.3. The topological polar surface area (TPSA) is 79.0 Å². The summed E-state index contributed by atoms with van der Waals surface area (Å²) in [7, 11) is -2.07. The molecule has 3 aromatic rings. The maximum Gasteiger partial charge on any atom is 0.261 e. The molecule has 0 aliphatic carbocycles. The molecule has 1 heterocycles. The average molecular weight is 466 g/mol. The zero-order valence-electron chi connectivity index (χ0n) is 18.5. The van der Waals surface area contributed by atoms with Crippen molar-refractivity contribution in [3.05, 3.63) is 84.4 Å². The Balaban J connectivity index is 1.40. The largest absolute Gasteiger partial charge is 0.497 e. The van der Waals surface area contributed by atoms with Crippen molar-refractivity contribution in [1.29, 1.82) is 0 Å². The Hall–Kier alpha value is -3.52. The first-order valence-corrected chi connectivity index (χ1v) is 12.3. The fourth-order valence-electron chi connectivity index (χ4n) is 3.85. The van der Waals surface area contributed by atoms with E-state index < -0.39 is 10.0 Å². The Morgan fingerprint density at radius 1 is 0.848 bits per heavy atom. The number of para-hydroxylation sites is 1. The number of sulfonamides is 1. The second-order valence-corrected chi connectivity index (χ2v) is 9.51. The lowest BCUT2D eigenvalue weighted by Crippen LogP contribution is -2.35. The summed E-state index contributed by atoms with van der Waals surface area (Å²) in [5.41, 5.74) is 2.07. The van der Waals surface area contributed by atoms with Gasteiger partial charge in [0.1, 0.15) is 5.75 Å². The summed E-state index contributed by atoms with van der Waals surface area (Å²) in [6.45, 7) is 2.84. The summed E-state index contributed by atoms with van der Waals surface area (Å²) in [4.78, 5) is 17.3. The van der Waals surface area contributed by atoms with Crippen LogP contribution >= 0.6 is 0 Å². The second-order valence-electron chi connectivity index (χ2n) is 7.83. The number of carbonyl (C=O) groups excluding carboxylic acids is 1. The highest BCUT2D eigenvalue weighted by atomic mass is 32.2. The van der Waals surface area contributed by atoms with Crippen molar-refractivity contribution >= 4 is 27.3 Å². The molecule has 0 unspecified atom stereocenters. The molecule has 0 spiro atoms. The number of amides is 1. The highest BCUT2D eigenvalue weighted by molar-refractivity contribution is 7.92. The minimum Gasteiger partial charge on any atom is -0.497 e. The number of nitrogens with zero attached hydrogens (tertiary/aromatic N) is 2. The molecular weight excluding hydrogens is 438 g/mol. The molecule has 172 valence electrons. The Labute approximate surface area is 194 Å². The van der Waals surface area contributed by atoms with Crippen molar-refractivity contribution in [2.45, 2.75) is 11.3 Å². The lowest BCUT2D eigenvalue weighted by Gasteiger charge is -2.24. The molecule has 8 heteroatoms. The number of hydrogen-bond donors (Lipinski definition) is 1. The summed E-state index contributed by atoms with van der Waals surface area (Å²) in [5, 5.41) is 0. The van der Waals surface area contributed by atoms with Crippen molar-refractivity contribution in [3.63, 3.8) is 0 Å². The van der Waals surface area contributed by atoms with E-state index in [2.05, 4.69) is 9.62 Å². The number of ether oxygens (including phenoxy) is 1. The lowest BCUT2D eigenvalue weighted by molar-refractivity contribution is 0.0767. The van der Waals surface area contributed by atoms with Crippen molar-refractivity contribution in [1.82, 2.24) is 4.90 Å². The predicted octanol–water partition coefficient (Wildman–Crippen LogP) is 3.85. The molecule has 1 N–H and O–H groups in total. The summed E-state index contributed by atoms with van der Waals surface area (Å²) in [5.74, 6) is 0.723. The van der Waals surface area contributed by atoms with Gasteiger partial charge in [-0.25, -0.2) is 8.42 Å². The van der Waals surface area contributed by atoms with E-state index in [-0.39, 0.29) is 10.8 Å². The Morgan fingerprint density at radius 2 is 1.55 bits per heavy atom. The van der Waals surface area contributed by atoms with Gasteiger partial charge in [-0.1, -0.05) is 18.2 Å². The van der Waals surface area contributed by atoms with E-state index in [1.165, 1.54) is 12.1 Å². The minimum atomic E-state index is -3.72. The number of methoxy groups -OCH3 is 1. The van der Waals surface area contributed by atoms with Gasteiger partial charge in [-0.2, -0.15) is 0 Å². The number of carbonyl (C=O) groups is 1. The van der Waals surface area contributed by atoms with Gasteiger partial charge in [0.25, 0.3) is 15.9 Å². The van der Waals surface area contributed by atoms with Crippen molar-refractivity contribution < 1.29 is 17.9 Å². The second kappa shape index (κ2) is 9.95. The van der Waals surface area contributed by atoms with E-state index in [1.807, 2.05) is 35.2 Å². The van der Waals surface area contributed by atoms with Crippen LogP contribution in [-0.2, 0) is 10.0 Å². The van der Waals surface area contributed by atoms with Crippen LogP contribution in [0.1, 0.15) is 16.8 Å². The number of rotatable bonds is 6. The molecule has 1 fully saturated rings. The first kappa shape index (κ1) is 22.7. The third-order valence-corrected chi connectivity index (χ3v) is 7.06. The van der Waals surface area contributed by atoms with Crippen LogP contribution in [0.25, 0.3) is 0 Å². The monoisotopic (exact) mass is 465 g/mol. The summed E-state index contributed by atoms with van der Waals surface area (Å²) in [6.07, 6.45) is 0.852. The molecule has 4 rings (SSSR count). The fourth-order valence-corrected chi connectivity index (χ4v) is 4.91.